The first-order valence-electron chi connectivity index (χ1n) is 10.4. The van der Waals surface area contributed by atoms with Gasteiger partial charge in [0, 0.05) is 18.8 Å². The van der Waals surface area contributed by atoms with Crippen LogP contribution in [0.5, 0.6) is 0 Å². The van der Waals surface area contributed by atoms with Crippen molar-refractivity contribution in [2.45, 2.75) is 65.8 Å². The summed E-state index contributed by atoms with van der Waals surface area (Å²) in [6, 6.07) is 6.12. The highest BCUT2D eigenvalue weighted by molar-refractivity contribution is 6.05. The number of para-hydroxylation sites is 1. The molecule has 6 nitrogen and oxygen atoms in total. The number of nitrogens with zero attached hydrogens (tertiary/aromatic N) is 2. The number of benzene rings is 1. The van der Waals surface area contributed by atoms with Gasteiger partial charge in [0.1, 0.15) is 0 Å². The molecule has 0 atom stereocenters. The maximum atomic E-state index is 13.2. The number of aryl methyl sites for hydroxylation is 2. The lowest BCUT2D eigenvalue weighted by atomic mass is 10.0. The van der Waals surface area contributed by atoms with E-state index in [0.29, 0.717) is 18.1 Å². The molecule has 1 aliphatic rings. The molecule has 0 saturated carbocycles. The summed E-state index contributed by atoms with van der Waals surface area (Å²) in [5, 5.41) is 5.98. The maximum Gasteiger partial charge on any atom is 0.287 e. The molecular formula is C22H30N4O2. The third-order valence-electron chi connectivity index (χ3n) is 5.31. The molecule has 0 unspecified atom stereocenters. The predicted octanol–water partition coefficient (Wildman–Crippen LogP) is 3.74. The molecule has 2 aromatic rings. The van der Waals surface area contributed by atoms with Crippen LogP contribution in [0.1, 0.15) is 78.0 Å². The first-order chi connectivity index (χ1) is 13.6. The number of hydrogen-bond donors (Lipinski definition) is 2. The Morgan fingerprint density at radius 3 is 2.43 bits per heavy atom. The highest BCUT2D eigenvalue weighted by Crippen LogP contribution is 2.26. The van der Waals surface area contributed by atoms with E-state index < -0.39 is 0 Å². The molecule has 1 aliphatic heterocycles. The van der Waals surface area contributed by atoms with Crippen molar-refractivity contribution in [3.63, 3.8) is 0 Å². The summed E-state index contributed by atoms with van der Waals surface area (Å²) < 4.78 is 1.93. The second kappa shape index (κ2) is 9.04. The van der Waals surface area contributed by atoms with Gasteiger partial charge in [0.25, 0.3) is 11.8 Å². The molecule has 28 heavy (non-hydrogen) atoms. The van der Waals surface area contributed by atoms with E-state index in [4.69, 9.17) is 0 Å². The van der Waals surface area contributed by atoms with Crippen molar-refractivity contribution in [2.24, 2.45) is 0 Å². The summed E-state index contributed by atoms with van der Waals surface area (Å²) in [6.45, 7) is 7.51. The van der Waals surface area contributed by atoms with Crippen LogP contribution < -0.4 is 10.6 Å². The average Bonchev–Trinajstić information content (AvgIpc) is 3.12. The van der Waals surface area contributed by atoms with Crippen molar-refractivity contribution >= 4 is 17.5 Å². The predicted molar refractivity (Wildman–Crippen MR) is 111 cm³/mol. The monoisotopic (exact) mass is 382 g/mol. The molecule has 150 valence electrons. The van der Waals surface area contributed by atoms with Crippen LogP contribution in [0.2, 0.25) is 0 Å². The van der Waals surface area contributed by atoms with Gasteiger partial charge in [-0.3, -0.25) is 9.59 Å². The fraction of sp³-hybridized carbons (Fsp3) is 0.500. The lowest BCUT2D eigenvalue weighted by Gasteiger charge is -2.17. The minimum Gasteiger partial charge on any atom is -0.349 e. The van der Waals surface area contributed by atoms with Crippen molar-refractivity contribution in [3.05, 3.63) is 46.5 Å². The first-order valence-corrected chi connectivity index (χ1v) is 10.4. The van der Waals surface area contributed by atoms with Gasteiger partial charge in [0.05, 0.1) is 5.69 Å². The average molecular weight is 383 g/mol. The van der Waals surface area contributed by atoms with Gasteiger partial charge in [-0.15, -0.1) is 0 Å². The van der Waals surface area contributed by atoms with E-state index >= 15 is 0 Å². The normalized spacial score (nSPS) is 13.1. The van der Waals surface area contributed by atoms with E-state index in [2.05, 4.69) is 29.5 Å². The molecule has 0 spiro atoms. The van der Waals surface area contributed by atoms with Gasteiger partial charge in [-0.25, -0.2) is 4.98 Å². The van der Waals surface area contributed by atoms with Crippen LogP contribution in [-0.2, 0) is 25.8 Å². The molecule has 0 radical (unpaired) electrons. The number of amides is 2. The molecule has 0 bridgehead atoms. The highest BCUT2D eigenvalue weighted by Gasteiger charge is 2.27. The quantitative estimate of drug-likeness (QED) is 0.766. The maximum absolute atomic E-state index is 13.2. The smallest absolute Gasteiger partial charge is 0.287 e. The van der Waals surface area contributed by atoms with E-state index in [1.165, 1.54) is 0 Å². The lowest BCUT2D eigenvalue weighted by molar-refractivity contribution is 0.0937. The number of anilines is 1. The molecule has 6 heteroatoms. The molecule has 1 aromatic carbocycles. The Bertz CT molecular complexity index is 847. The van der Waals surface area contributed by atoms with Crippen LogP contribution in [0.4, 0.5) is 5.69 Å². The summed E-state index contributed by atoms with van der Waals surface area (Å²) in [5.74, 6) is -0.0733. The Morgan fingerprint density at radius 1 is 1.07 bits per heavy atom. The number of fused-ring (bicyclic) bond motifs is 1. The van der Waals surface area contributed by atoms with E-state index in [-0.39, 0.29) is 11.8 Å². The zero-order chi connectivity index (χ0) is 20.1. The van der Waals surface area contributed by atoms with Crippen molar-refractivity contribution in [1.29, 1.82) is 0 Å². The van der Waals surface area contributed by atoms with Crippen LogP contribution in [0.3, 0.4) is 0 Å². The number of aromatic nitrogens is 2. The number of hydrogen-bond acceptors (Lipinski definition) is 3. The summed E-state index contributed by atoms with van der Waals surface area (Å²) in [7, 11) is 0. The van der Waals surface area contributed by atoms with E-state index in [9.17, 15) is 9.59 Å². The van der Waals surface area contributed by atoms with Crippen molar-refractivity contribution in [1.82, 2.24) is 14.9 Å². The van der Waals surface area contributed by atoms with E-state index in [1.807, 2.05) is 29.7 Å². The second-order valence-corrected chi connectivity index (χ2v) is 7.21. The Hall–Kier alpha value is -2.63. The fourth-order valence-electron chi connectivity index (χ4n) is 3.79. The second-order valence-electron chi connectivity index (χ2n) is 7.21. The highest BCUT2D eigenvalue weighted by atomic mass is 16.2. The van der Waals surface area contributed by atoms with E-state index in [1.54, 1.807) is 0 Å². The number of nitrogens with one attached hydrogen (secondary N) is 2. The van der Waals surface area contributed by atoms with Gasteiger partial charge in [-0.2, -0.15) is 0 Å². The largest absolute Gasteiger partial charge is 0.349 e. The van der Waals surface area contributed by atoms with Crippen LogP contribution in [0.25, 0.3) is 0 Å². The zero-order valence-corrected chi connectivity index (χ0v) is 17.1. The minimum atomic E-state index is -0.226. The SMILES string of the molecule is CCCNC(=O)c1nc(C(=O)Nc2c(CC)cccc2CC)c2n1CCCC2. The number of carbonyl (C=O) groups is 2. The minimum absolute atomic E-state index is 0.202. The standard InChI is InChI=1S/C22H30N4O2/c1-4-13-23-22(28)20-24-19(17-12-7-8-14-26(17)20)21(27)25-18-15(5-2)10-9-11-16(18)6-3/h9-11H,4-8,12-14H2,1-3H3,(H,23,28)(H,25,27). The number of carbonyl (C=O) groups excluding carboxylic acids is 2. The zero-order valence-electron chi connectivity index (χ0n) is 17.1. The Morgan fingerprint density at radius 2 is 1.79 bits per heavy atom. The fourth-order valence-corrected chi connectivity index (χ4v) is 3.79. The van der Waals surface area contributed by atoms with Crippen LogP contribution in [0, 0.1) is 0 Å². The molecule has 0 aliphatic carbocycles. The van der Waals surface area contributed by atoms with Crippen LogP contribution in [0.15, 0.2) is 18.2 Å². The topological polar surface area (TPSA) is 76.0 Å². The number of rotatable bonds is 7. The third-order valence-corrected chi connectivity index (χ3v) is 5.31. The van der Waals surface area contributed by atoms with Gasteiger partial charge < -0.3 is 15.2 Å². The van der Waals surface area contributed by atoms with Crippen molar-refractivity contribution in [3.8, 4) is 0 Å². The Kier molecular flexibility index (Phi) is 6.49. The van der Waals surface area contributed by atoms with Crippen LogP contribution >= 0.6 is 0 Å². The summed E-state index contributed by atoms with van der Waals surface area (Å²) >= 11 is 0. The Balaban J connectivity index is 1.95. The molecule has 3 rings (SSSR count). The van der Waals surface area contributed by atoms with Gasteiger partial charge in [-0.1, -0.05) is 39.0 Å². The number of imidazole rings is 1. The molecular weight excluding hydrogens is 352 g/mol. The van der Waals surface area contributed by atoms with Crippen molar-refractivity contribution < 1.29 is 9.59 Å². The van der Waals surface area contributed by atoms with E-state index in [0.717, 1.165) is 67.6 Å². The lowest BCUT2D eigenvalue weighted by Crippen LogP contribution is -2.28. The van der Waals surface area contributed by atoms with Gasteiger partial charge in [0.2, 0.25) is 0 Å². The Labute approximate surface area is 166 Å². The summed E-state index contributed by atoms with van der Waals surface area (Å²) in [5.41, 5.74) is 4.36. The van der Waals surface area contributed by atoms with Gasteiger partial charge in [-0.05, 0) is 49.7 Å². The summed E-state index contributed by atoms with van der Waals surface area (Å²) in [4.78, 5) is 30.2. The molecule has 2 amide bonds. The molecule has 0 saturated heterocycles. The first kappa shape index (κ1) is 20.1. The molecule has 0 fully saturated rings. The van der Waals surface area contributed by atoms with Crippen molar-refractivity contribution in [2.75, 3.05) is 11.9 Å². The van der Waals surface area contributed by atoms with Gasteiger partial charge >= 0.3 is 0 Å². The van der Waals surface area contributed by atoms with Crippen LogP contribution in [-0.4, -0.2) is 27.9 Å². The van der Waals surface area contributed by atoms with Gasteiger partial charge in [0.15, 0.2) is 11.5 Å². The third kappa shape index (κ3) is 3.96. The molecule has 2 N–H and O–H groups in total. The summed E-state index contributed by atoms with van der Waals surface area (Å²) in [6.07, 6.45) is 5.32. The molecule has 2 heterocycles. The molecule has 1 aromatic heterocycles.